The molecular weight excluding hydrogens is 265 g/mol. The zero-order valence-corrected chi connectivity index (χ0v) is 8.15. The number of hydrogen-bond acceptors (Lipinski definition) is 5. The van der Waals surface area contributed by atoms with Crippen molar-refractivity contribution in [2.45, 2.75) is 6.36 Å². The largest absolute Gasteiger partial charge is 0.573 e. The highest BCUT2D eigenvalue weighted by molar-refractivity contribution is 5.86. The quantitative estimate of drug-likeness (QED) is 0.619. The number of aromatic carboxylic acids is 1. The molecular formula is C7H3F3N2O6. The van der Waals surface area contributed by atoms with Gasteiger partial charge in [0.05, 0.1) is 4.92 Å². The van der Waals surface area contributed by atoms with Gasteiger partial charge in [-0.3, -0.25) is 14.9 Å². The van der Waals surface area contributed by atoms with E-state index in [-0.39, 0.29) is 6.07 Å². The third-order valence-electron chi connectivity index (χ3n) is 1.61. The number of carbonyl (C=O) groups is 1. The number of rotatable bonds is 3. The predicted molar refractivity (Wildman–Crippen MR) is 47.4 cm³/mol. The molecule has 0 atom stereocenters. The number of ether oxygens (including phenoxy) is 1. The lowest BCUT2D eigenvalue weighted by Gasteiger charge is -2.08. The summed E-state index contributed by atoms with van der Waals surface area (Å²) in [5, 5.41) is 18.9. The van der Waals surface area contributed by atoms with Gasteiger partial charge in [0.2, 0.25) is 5.75 Å². The molecule has 0 fully saturated rings. The van der Waals surface area contributed by atoms with E-state index in [2.05, 4.69) is 4.74 Å². The van der Waals surface area contributed by atoms with Gasteiger partial charge in [0.25, 0.3) is 0 Å². The highest BCUT2D eigenvalue weighted by Crippen LogP contribution is 2.29. The van der Waals surface area contributed by atoms with Gasteiger partial charge in [0.15, 0.2) is 0 Å². The molecule has 1 rings (SSSR count). The van der Waals surface area contributed by atoms with Crippen molar-refractivity contribution in [2.24, 2.45) is 0 Å². The number of carboxylic acid groups (broad SMARTS) is 1. The molecule has 0 saturated heterocycles. The Bertz CT molecular complexity index is 563. The number of nitro groups is 1. The molecule has 1 aromatic heterocycles. The number of carboxylic acids is 1. The molecule has 98 valence electrons. The molecule has 0 aliphatic carbocycles. The smallest absolute Gasteiger partial charge is 0.477 e. The first-order chi connectivity index (χ1) is 8.11. The Morgan fingerprint density at radius 2 is 2.06 bits per heavy atom. The zero-order chi connectivity index (χ0) is 14.1. The predicted octanol–water partition coefficient (Wildman–Crippen LogP) is 0.880. The van der Waals surface area contributed by atoms with Crippen LogP contribution in [0.3, 0.4) is 0 Å². The van der Waals surface area contributed by atoms with Gasteiger partial charge in [-0.15, -0.1) is 13.2 Å². The molecule has 0 bridgehead atoms. The number of H-pyrrole nitrogens is 1. The summed E-state index contributed by atoms with van der Waals surface area (Å²) in [6.07, 6.45) is -5.30. The maximum Gasteiger partial charge on any atom is 0.573 e. The van der Waals surface area contributed by atoms with E-state index in [0.29, 0.717) is 0 Å². The van der Waals surface area contributed by atoms with Crippen molar-refractivity contribution in [3.63, 3.8) is 0 Å². The molecule has 1 aromatic rings. The van der Waals surface area contributed by atoms with E-state index in [1.165, 1.54) is 4.98 Å². The van der Waals surface area contributed by atoms with Gasteiger partial charge in [-0.2, -0.15) is 0 Å². The van der Waals surface area contributed by atoms with Gasteiger partial charge in [0.1, 0.15) is 5.69 Å². The second kappa shape index (κ2) is 4.35. The standard InChI is InChI=1S/C7H3F3N2O6/c8-7(9,10)18-3-1-2(6(14)15)11-5(13)4(3)12(16)17/h1H,(H,11,13)(H,14,15). The molecule has 0 aromatic carbocycles. The van der Waals surface area contributed by atoms with Crippen molar-refractivity contribution in [1.82, 2.24) is 4.98 Å². The van der Waals surface area contributed by atoms with Gasteiger partial charge < -0.3 is 14.8 Å². The number of halogens is 3. The van der Waals surface area contributed by atoms with Crippen molar-refractivity contribution in [3.05, 3.63) is 32.2 Å². The van der Waals surface area contributed by atoms with Crippen molar-refractivity contribution >= 4 is 11.7 Å². The number of nitrogens with zero attached hydrogens (tertiary/aromatic N) is 1. The minimum atomic E-state index is -5.30. The lowest BCUT2D eigenvalue weighted by Crippen LogP contribution is -2.23. The Morgan fingerprint density at radius 1 is 1.50 bits per heavy atom. The van der Waals surface area contributed by atoms with E-state index in [4.69, 9.17) is 5.11 Å². The first-order valence-electron chi connectivity index (χ1n) is 4.02. The molecule has 0 aliphatic rings. The summed E-state index contributed by atoms with van der Waals surface area (Å²) in [4.78, 5) is 32.1. The number of pyridine rings is 1. The number of hydrogen-bond donors (Lipinski definition) is 2. The summed E-state index contributed by atoms with van der Waals surface area (Å²) < 4.78 is 39.1. The first-order valence-corrected chi connectivity index (χ1v) is 4.02. The van der Waals surface area contributed by atoms with E-state index in [1.54, 1.807) is 0 Å². The lowest BCUT2D eigenvalue weighted by molar-refractivity contribution is -0.390. The topological polar surface area (TPSA) is 123 Å². The normalized spacial score (nSPS) is 11.1. The fraction of sp³-hybridized carbons (Fsp3) is 0.143. The van der Waals surface area contributed by atoms with Gasteiger partial charge in [-0.25, -0.2) is 4.79 Å². The van der Waals surface area contributed by atoms with Crippen molar-refractivity contribution in [1.29, 1.82) is 0 Å². The molecule has 0 amide bonds. The van der Waals surface area contributed by atoms with Crippen LogP contribution in [-0.2, 0) is 0 Å². The van der Waals surface area contributed by atoms with E-state index in [1.807, 2.05) is 0 Å². The highest BCUT2D eigenvalue weighted by atomic mass is 19.4. The molecule has 11 heteroatoms. The fourth-order valence-corrected chi connectivity index (χ4v) is 1.02. The zero-order valence-electron chi connectivity index (χ0n) is 8.15. The highest BCUT2D eigenvalue weighted by Gasteiger charge is 2.36. The first kappa shape index (κ1) is 13.5. The average Bonchev–Trinajstić information content (AvgIpc) is 2.12. The van der Waals surface area contributed by atoms with Gasteiger partial charge in [0, 0.05) is 6.07 Å². The number of aromatic nitrogens is 1. The number of nitrogens with one attached hydrogen (secondary N) is 1. The monoisotopic (exact) mass is 268 g/mol. The minimum absolute atomic E-state index is 0.204. The van der Waals surface area contributed by atoms with Crippen LogP contribution in [0.5, 0.6) is 5.75 Å². The molecule has 0 aliphatic heterocycles. The maximum atomic E-state index is 11.9. The summed E-state index contributed by atoms with van der Waals surface area (Å²) in [6, 6.07) is 0.204. The van der Waals surface area contributed by atoms with Gasteiger partial charge in [-0.1, -0.05) is 0 Å². The van der Waals surface area contributed by atoms with Crippen LogP contribution in [0.2, 0.25) is 0 Å². The van der Waals surface area contributed by atoms with E-state index in [9.17, 15) is 32.9 Å². The van der Waals surface area contributed by atoms with Gasteiger partial charge >= 0.3 is 23.6 Å². The second-order valence-corrected chi connectivity index (χ2v) is 2.84. The molecule has 2 N–H and O–H groups in total. The fourth-order valence-electron chi connectivity index (χ4n) is 1.02. The summed E-state index contributed by atoms with van der Waals surface area (Å²) in [5.41, 5.74) is -4.11. The molecule has 0 unspecified atom stereocenters. The minimum Gasteiger partial charge on any atom is -0.477 e. The van der Waals surface area contributed by atoms with Crippen molar-refractivity contribution < 1.29 is 32.7 Å². The molecule has 18 heavy (non-hydrogen) atoms. The van der Waals surface area contributed by atoms with Crippen LogP contribution in [0, 0.1) is 10.1 Å². The third kappa shape index (κ3) is 2.96. The Kier molecular flexibility index (Phi) is 3.26. The van der Waals surface area contributed by atoms with E-state index in [0.717, 1.165) is 0 Å². The Balaban J connectivity index is 3.48. The van der Waals surface area contributed by atoms with Crippen LogP contribution in [0.1, 0.15) is 10.5 Å². The second-order valence-electron chi connectivity index (χ2n) is 2.84. The molecule has 0 radical (unpaired) electrons. The third-order valence-corrected chi connectivity index (χ3v) is 1.61. The maximum absolute atomic E-state index is 11.9. The SMILES string of the molecule is O=C(O)c1cc(OC(F)(F)F)c([N+](=O)[O-])c(=O)[nH]1. The number of alkyl halides is 3. The Hall–Kier alpha value is -2.59. The summed E-state index contributed by atoms with van der Waals surface area (Å²) >= 11 is 0. The summed E-state index contributed by atoms with van der Waals surface area (Å²) in [5.74, 6) is -3.26. The Labute approximate surface area is 94.8 Å². The molecule has 0 saturated carbocycles. The van der Waals surface area contributed by atoms with E-state index >= 15 is 0 Å². The van der Waals surface area contributed by atoms with Crippen LogP contribution >= 0.6 is 0 Å². The van der Waals surface area contributed by atoms with Crippen LogP contribution in [0.15, 0.2) is 10.9 Å². The molecule has 0 spiro atoms. The number of aromatic amines is 1. The van der Waals surface area contributed by atoms with Crippen LogP contribution in [0.4, 0.5) is 18.9 Å². The van der Waals surface area contributed by atoms with Gasteiger partial charge in [-0.05, 0) is 0 Å². The van der Waals surface area contributed by atoms with Crippen LogP contribution in [0.25, 0.3) is 0 Å². The lowest BCUT2D eigenvalue weighted by atomic mass is 10.3. The summed E-state index contributed by atoms with van der Waals surface area (Å²) in [6.45, 7) is 0. The van der Waals surface area contributed by atoms with Crippen LogP contribution < -0.4 is 10.3 Å². The molecule has 8 nitrogen and oxygen atoms in total. The van der Waals surface area contributed by atoms with E-state index < -0.39 is 39.9 Å². The average molecular weight is 268 g/mol. The summed E-state index contributed by atoms with van der Waals surface area (Å²) in [7, 11) is 0. The van der Waals surface area contributed by atoms with Crippen LogP contribution in [-0.4, -0.2) is 27.3 Å². The Morgan fingerprint density at radius 3 is 2.44 bits per heavy atom. The molecule has 1 heterocycles. The van der Waals surface area contributed by atoms with Crippen molar-refractivity contribution in [3.8, 4) is 5.75 Å². The van der Waals surface area contributed by atoms with Crippen molar-refractivity contribution in [2.75, 3.05) is 0 Å².